The molecule has 1 aliphatic heterocycles. The van der Waals surface area contributed by atoms with Crippen molar-refractivity contribution in [1.29, 1.82) is 0 Å². The van der Waals surface area contributed by atoms with Crippen LogP contribution in [-0.4, -0.2) is 11.7 Å². The van der Waals surface area contributed by atoms with Crippen molar-refractivity contribution in [1.82, 2.24) is 0 Å². The molecule has 2 aromatic rings. The summed E-state index contributed by atoms with van der Waals surface area (Å²) in [5, 5.41) is 0.406. The summed E-state index contributed by atoms with van der Waals surface area (Å²) in [6.45, 7) is -0.0276. The van der Waals surface area contributed by atoms with Crippen LogP contribution < -0.4 is 4.90 Å². The first-order chi connectivity index (χ1) is 9.99. The topological polar surface area (TPSA) is 37.4 Å². The van der Waals surface area contributed by atoms with Gasteiger partial charge in [-0.2, -0.15) is 0 Å². The second kappa shape index (κ2) is 4.93. The minimum atomic E-state index is -1.04. The van der Waals surface area contributed by atoms with Crippen LogP contribution in [-0.2, 0) is 11.3 Å². The average Bonchev–Trinajstić information content (AvgIpc) is 2.66. The van der Waals surface area contributed by atoms with Crippen molar-refractivity contribution < 1.29 is 18.4 Å². The molecule has 106 valence electrons. The highest BCUT2D eigenvalue weighted by Crippen LogP contribution is 2.33. The number of Topliss-reactive ketones (excluding diaryl/α,β-unsaturated/α-hetero) is 1. The lowest BCUT2D eigenvalue weighted by molar-refractivity contribution is -0.114. The number of rotatable bonds is 2. The van der Waals surface area contributed by atoms with Crippen LogP contribution in [0.3, 0.4) is 0 Å². The van der Waals surface area contributed by atoms with Crippen molar-refractivity contribution in [3.05, 3.63) is 64.2 Å². The van der Waals surface area contributed by atoms with Crippen LogP contribution in [0.1, 0.15) is 15.9 Å². The van der Waals surface area contributed by atoms with E-state index in [-0.39, 0.29) is 12.2 Å². The van der Waals surface area contributed by atoms with Gasteiger partial charge < -0.3 is 4.90 Å². The Morgan fingerprint density at radius 1 is 1.10 bits per heavy atom. The van der Waals surface area contributed by atoms with Crippen molar-refractivity contribution >= 4 is 29.0 Å². The monoisotopic (exact) mass is 307 g/mol. The maximum Gasteiger partial charge on any atom is 0.299 e. The van der Waals surface area contributed by atoms with Crippen molar-refractivity contribution in [2.45, 2.75) is 6.54 Å². The molecule has 0 fully saturated rings. The van der Waals surface area contributed by atoms with Crippen LogP contribution in [0.2, 0.25) is 5.02 Å². The SMILES string of the molecule is O=C1C(=O)N(Cc2ccccc2Cl)c2cc(F)cc(F)c21. The van der Waals surface area contributed by atoms with E-state index in [4.69, 9.17) is 11.6 Å². The molecule has 3 rings (SSSR count). The van der Waals surface area contributed by atoms with Crippen LogP contribution in [0.5, 0.6) is 0 Å². The lowest BCUT2D eigenvalue weighted by atomic mass is 10.1. The molecular formula is C15H8ClF2NO2. The summed E-state index contributed by atoms with van der Waals surface area (Å²) in [7, 11) is 0. The quantitative estimate of drug-likeness (QED) is 0.798. The first-order valence-corrected chi connectivity index (χ1v) is 6.45. The molecule has 0 bridgehead atoms. The molecule has 6 heteroatoms. The Kier molecular flexibility index (Phi) is 3.22. The van der Waals surface area contributed by atoms with Crippen LogP contribution in [0.15, 0.2) is 36.4 Å². The fourth-order valence-electron chi connectivity index (χ4n) is 2.29. The largest absolute Gasteiger partial charge is 0.300 e. The molecule has 1 aliphatic rings. The number of carbonyl (C=O) groups is 2. The molecule has 0 radical (unpaired) electrons. The Labute approximate surface area is 123 Å². The lowest BCUT2D eigenvalue weighted by Gasteiger charge is -2.17. The van der Waals surface area contributed by atoms with E-state index in [1.807, 2.05) is 0 Å². The molecule has 0 aliphatic carbocycles. The average molecular weight is 308 g/mol. The summed E-state index contributed by atoms with van der Waals surface area (Å²) < 4.78 is 27.1. The van der Waals surface area contributed by atoms with Crippen molar-refractivity contribution in [3.8, 4) is 0 Å². The molecule has 2 aromatic carbocycles. The molecule has 0 unspecified atom stereocenters. The van der Waals surface area contributed by atoms with Gasteiger partial charge in [0.15, 0.2) is 0 Å². The van der Waals surface area contributed by atoms with E-state index in [0.29, 0.717) is 16.7 Å². The Morgan fingerprint density at radius 2 is 1.81 bits per heavy atom. The molecule has 0 aromatic heterocycles. The Balaban J connectivity index is 2.08. The van der Waals surface area contributed by atoms with Gasteiger partial charge in [0, 0.05) is 11.1 Å². The highest BCUT2D eigenvalue weighted by molar-refractivity contribution is 6.52. The van der Waals surface area contributed by atoms with E-state index < -0.39 is 28.9 Å². The van der Waals surface area contributed by atoms with Crippen molar-refractivity contribution in [3.63, 3.8) is 0 Å². The minimum Gasteiger partial charge on any atom is -0.300 e. The first-order valence-electron chi connectivity index (χ1n) is 6.07. The maximum atomic E-state index is 13.7. The molecule has 0 spiro atoms. The number of carbonyl (C=O) groups excluding carboxylic acids is 2. The Hall–Kier alpha value is -2.27. The number of nitrogens with zero attached hydrogens (tertiary/aromatic N) is 1. The van der Waals surface area contributed by atoms with Crippen LogP contribution >= 0.6 is 11.6 Å². The Morgan fingerprint density at radius 3 is 2.52 bits per heavy atom. The summed E-state index contributed by atoms with van der Waals surface area (Å²) in [6, 6.07) is 8.30. The fourth-order valence-corrected chi connectivity index (χ4v) is 2.49. The third-order valence-corrected chi connectivity index (χ3v) is 3.65. The van der Waals surface area contributed by atoms with Gasteiger partial charge >= 0.3 is 0 Å². The zero-order valence-corrected chi connectivity index (χ0v) is 11.3. The van der Waals surface area contributed by atoms with Gasteiger partial charge in [0.05, 0.1) is 17.8 Å². The third-order valence-electron chi connectivity index (χ3n) is 3.28. The van der Waals surface area contributed by atoms with Crippen LogP contribution in [0.4, 0.5) is 14.5 Å². The van der Waals surface area contributed by atoms with Gasteiger partial charge in [0.25, 0.3) is 11.7 Å². The van der Waals surface area contributed by atoms with Gasteiger partial charge in [-0.05, 0) is 17.7 Å². The van der Waals surface area contributed by atoms with Gasteiger partial charge in [-0.1, -0.05) is 29.8 Å². The zero-order valence-electron chi connectivity index (χ0n) is 10.6. The van der Waals surface area contributed by atoms with E-state index in [2.05, 4.69) is 0 Å². The molecule has 0 saturated heterocycles. The fraction of sp³-hybridized carbons (Fsp3) is 0.0667. The summed E-state index contributed by atoms with van der Waals surface area (Å²) >= 11 is 6.01. The number of hydrogen-bond donors (Lipinski definition) is 0. The normalized spacial score (nSPS) is 13.8. The number of ketones is 1. The van der Waals surface area contributed by atoms with Gasteiger partial charge in [-0.25, -0.2) is 8.78 Å². The highest BCUT2D eigenvalue weighted by Gasteiger charge is 2.38. The third kappa shape index (κ3) is 2.19. The lowest BCUT2D eigenvalue weighted by Crippen LogP contribution is -2.29. The number of amides is 1. The molecule has 0 atom stereocenters. The number of halogens is 3. The molecule has 0 saturated carbocycles. The maximum absolute atomic E-state index is 13.7. The standard InChI is InChI=1S/C15H8ClF2NO2/c16-10-4-2-1-3-8(10)7-19-12-6-9(17)5-11(18)13(12)14(20)15(19)21/h1-6H,7H2. The predicted molar refractivity (Wildman–Crippen MR) is 73.3 cm³/mol. The van der Waals surface area contributed by atoms with Gasteiger partial charge in [-0.15, -0.1) is 0 Å². The van der Waals surface area contributed by atoms with E-state index >= 15 is 0 Å². The van der Waals surface area contributed by atoms with Gasteiger partial charge in [0.2, 0.25) is 0 Å². The summed E-state index contributed by atoms with van der Waals surface area (Å²) in [5.41, 5.74) is 0.119. The molecule has 0 N–H and O–H groups in total. The molecule has 1 heterocycles. The Bertz CT molecular complexity index is 776. The van der Waals surface area contributed by atoms with Gasteiger partial charge in [-0.3, -0.25) is 9.59 Å². The smallest absolute Gasteiger partial charge is 0.299 e. The number of benzene rings is 2. The molecule has 21 heavy (non-hydrogen) atoms. The summed E-state index contributed by atoms with van der Waals surface area (Å²) in [4.78, 5) is 24.8. The highest BCUT2D eigenvalue weighted by atomic mass is 35.5. The molecule has 1 amide bonds. The number of hydrogen-bond acceptors (Lipinski definition) is 2. The predicted octanol–water partition coefficient (Wildman–Crippen LogP) is 3.35. The van der Waals surface area contributed by atoms with E-state index in [1.165, 1.54) is 0 Å². The molecule has 3 nitrogen and oxygen atoms in total. The number of fused-ring (bicyclic) bond motifs is 1. The van der Waals surface area contributed by atoms with Crippen LogP contribution in [0.25, 0.3) is 0 Å². The van der Waals surface area contributed by atoms with E-state index in [0.717, 1.165) is 11.0 Å². The number of anilines is 1. The minimum absolute atomic E-state index is 0.0276. The summed E-state index contributed by atoms with van der Waals surface area (Å²) in [5.74, 6) is -3.76. The van der Waals surface area contributed by atoms with Gasteiger partial charge in [0.1, 0.15) is 11.6 Å². The molecular weight excluding hydrogens is 300 g/mol. The second-order valence-electron chi connectivity index (χ2n) is 4.59. The first kappa shape index (κ1) is 13.7. The zero-order chi connectivity index (χ0) is 15.1. The second-order valence-corrected chi connectivity index (χ2v) is 5.00. The van der Waals surface area contributed by atoms with Crippen LogP contribution in [0, 0.1) is 11.6 Å². The van der Waals surface area contributed by atoms with E-state index in [9.17, 15) is 18.4 Å². The van der Waals surface area contributed by atoms with Crippen molar-refractivity contribution in [2.75, 3.05) is 4.90 Å². The summed E-state index contributed by atoms with van der Waals surface area (Å²) in [6.07, 6.45) is 0. The van der Waals surface area contributed by atoms with Crippen molar-refractivity contribution in [2.24, 2.45) is 0 Å². The van der Waals surface area contributed by atoms with E-state index in [1.54, 1.807) is 24.3 Å².